The highest BCUT2D eigenvalue weighted by atomic mass is 32.2. The largest absolute Gasteiger partial charge is 0.493 e. The number of hydrogen-bond acceptors (Lipinski definition) is 8. The molecule has 0 bridgehead atoms. The smallest absolute Gasteiger partial charge is 0.255 e. The van der Waals surface area contributed by atoms with Gasteiger partial charge in [0.1, 0.15) is 5.82 Å². The lowest BCUT2D eigenvalue weighted by molar-refractivity contribution is 0.0948. The third-order valence-electron chi connectivity index (χ3n) is 4.71. The minimum Gasteiger partial charge on any atom is -0.493 e. The summed E-state index contributed by atoms with van der Waals surface area (Å²) in [5, 5.41) is 12.4. The van der Waals surface area contributed by atoms with Crippen LogP contribution in [0.5, 0.6) is 11.5 Å². The lowest BCUT2D eigenvalue weighted by Crippen LogP contribution is -2.28. The Morgan fingerprint density at radius 2 is 1.97 bits per heavy atom. The second kappa shape index (κ2) is 11.6. The molecular formula is C22H30N6O3S. The van der Waals surface area contributed by atoms with E-state index in [1.165, 1.54) is 7.11 Å². The first-order valence-electron chi connectivity index (χ1n) is 10.7. The summed E-state index contributed by atoms with van der Waals surface area (Å²) >= 11 is 1.63. The summed E-state index contributed by atoms with van der Waals surface area (Å²) in [5.74, 6) is 2.43. The van der Waals surface area contributed by atoms with Crippen molar-refractivity contribution in [2.75, 3.05) is 38.4 Å². The molecule has 2 heterocycles. The van der Waals surface area contributed by atoms with E-state index in [0.717, 1.165) is 47.1 Å². The van der Waals surface area contributed by atoms with E-state index in [1.807, 2.05) is 0 Å². The lowest BCUT2D eigenvalue weighted by atomic mass is 10.1. The zero-order chi connectivity index (χ0) is 22.9. The molecule has 0 unspecified atom stereocenters. The summed E-state index contributed by atoms with van der Waals surface area (Å²) in [5.41, 5.74) is 1.18. The third-order valence-corrected chi connectivity index (χ3v) is 5.76. The zero-order valence-electron chi connectivity index (χ0n) is 19.0. The van der Waals surface area contributed by atoms with Gasteiger partial charge in [-0.1, -0.05) is 31.7 Å². The van der Waals surface area contributed by atoms with Gasteiger partial charge in [-0.3, -0.25) is 4.79 Å². The number of methoxy groups -OCH3 is 2. The molecule has 0 aliphatic rings. The number of fused-ring (bicyclic) bond motifs is 1. The highest BCUT2D eigenvalue weighted by Crippen LogP contribution is 2.30. The van der Waals surface area contributed by atoms with Crippen LogP contribution < -0.4 is 20.1 Å². The first kappa shape index (κ1) is 23.6. The molecule has 1 aromatic carbocycles. The Labute approximate surface area is 192 Å². The van der Waals surface area contributed by atoms with Crippen molar-refractivity contribution >= 4 is 34.5 Å². The summed E-state index contributed by atoms with van der Waals surface area (Å²) < 4.78 is 12.4. The summed E-state index contributed by atoms with van der Waals surface area (Å²) in [6, 6.07) is 5.22. The fourth-order valence-corrected chi connectivity index (χ4v) is 3.87. The average molecular weight is 459 g/mol. The third kappa shape index (κ3) is 5.42. The molecule has 172 valence electrons. The number of aromatic nitrogens is 4. The topological polar surface area (TPSA) is 103 Å². The number of nitrogens with one attached hydrogen (secondary N) is 2. The molecule has 3 aromatic rings. The van der Waals surface area contributed by atoms with Crippen LogP contribution in [0.15, 0.2) is 29.6 Å². The number of ether oxygens (including phenoxy) is 2. The van der Waals surface area contributed by atoms with Crippen molar-refractivity contribution in [1.29, 1.82) is 0 Å². The van der Waals surface area contributed by atoms with Crippen molar-refractivity contribution < 1.29 is 14.3 Å². The van der Waals surface area contributed by atoms with Gasteiger partial charge >= 0.3 is 0 Å². The van der Waals surface area contributed by atoms with Gasteiger partial charge in [0.25, 0.3) is 5.91 Å². The van der Waals surface area contributed by atoms with Crippen LogP contribution in [0.3, 0.4) is 0 Å². The van der Waals surface area contributed by atoms with Crippen LogP contribution in [0.25, 0.3) is 11.0 Å². The van der Waals surface area contributed by atoms with E-state index in [0.29, 0.717) is 30.2 Å². The summed E-state index contributed by atoms with van der Waals surface area (Å²) in [4.78, 5) is 22.1. The number of benzene rings is 1. The first-order chi connectivity index (χ1) is 15.6. The van der Waals surface area contributed by atoms with Crippen molar-refractivity contribution in [3.8, 4) is 11.5 Å². The fraction of sp³-hybridized carbons (Fsp3) is 0.455. The van der Waals surface area contributed by atoms with Gasteiger partial charge in [0.05, 0.1) is 37.9 Å². The van der Waals surface area contributed by atoms with Gasteiger partial charge < -0.3 is 20.1 Å². The first-order valence-corrected chi connectivity index (χ1v) is 11.7. The quantitative estimate of drug-likeness (QED) is 0.313. The highest BCUT2D eigenvalue weighted by Gasteiger charge is 2.17. The van der Waals surface area contributed by atoms with Gasteiger partial charge in [-0.05, 0) is 25.0 Å². The Morgan fingerprint density at radius 3 is 2.69 bits per heavy atom. The van der Waals surface area contributed by atoms with Crippen LogP contribution in [0, 0.1) is 0 Å². The van der Waals surface area contributed by atoms with Crippen LogP contribution in [0.4, 0.5) is 5.82 Å². The van der Waals surface area contributed by atoms with Gasteiger partial charge in [0.15, 0.2) is 22.3 Å². The Hall–Kier alpha value is -3.01. The van der Waals surface area contributed by atoms with E-state index in [4.69, 9.17) is 14.5 Å². The van der Waals surface area contributed by atoms with E-state index in [-0.39, 0.29) is 5.91 Å². The number of nitrogens with zero attached hydrogens (tertiary/aromatic N) is 4. The summed E-state index contributed by atoms with van der Waals surface area (Å²) in [6.45, 7) is 5.93. The molecule has 0 spiro atoms. The predicted molar refractivity (Wildman–Crippen MR) is 127 cm³/mol. The number of carbonyl (C=O) groups is 1. The molecule has 0 fully saturated rings. The molecule has 10 heteroatoms. The molecule has 3 rings (SSSR count). The van der Waals surface area contributed by atoms with Crippen molar-refractivity contribution in [3.05, 3.63) is 30.0 Å². The van der Waals surface area contributed by atoms with Gasteiger partial charge in [-0.25, -0.2) is 14.6 Å². The summed E-state index contributed by atoms with van der Waals surface area (Å²) in [6.07, 6.45) is 3.81. The normalized spacial score (nSPS) is 10.9. The fourth-order valence-electron chi connectivity index (χ4n) is 3.17. The molecule has 0 saturated carbocycles. The van der Waals surface area contributed by atoms with Crippen LogP contribution >= 0.6 is 11.8 Å². The number of anilines is 1. The maximum absolute atomic E-state index is 12.7. The number of thioether (sulfide) groups is 1. The number of amides is 1. The highest BCUT2D eigenvalue weighted by molar-refractivity contribution is 7.99. The number of hydrogen-bond donors (Lipinski definition) is 2. The zero-order valence-corrected chi connectivity index (χ0v) is 19.8. The Morgan fingerprint density at radius 1 is 1.12 bits per heavy atom. The van der Waals surface area contributed by atoms with E-state index >= 15 is 0 Å². The van der Waals surface area contributed by atoms with E-state index in [1.54, 1.807) is 47.9 Å². The Kier molecular flexibility index (Phi) is 8.55. The van der Waals surface area contributed by atoms with Crippen molar-refractivity contribution in [2.24, 2.45) is 0 Å². The van der Waals surface area contributed by atoms with Gasteiger partial charge in [0.2, 0.25) is 0 Å². The average Bonchev–Trinajstić information content (AvgIpc) is 3.23. The van der Waals surface area contributed by atoms with E-state index in [9.17, 15) is 4.79 Å². The minimum absolute atomic E-state index is 0.240. The van der Waals surface area contributed by atoms with E-state index < -0.39 is 0 Å². The molecule has 2 aromatic heterocycles. The molecule has 0 atom stereocenters. The Bertz CT molecular complexity index is 1060. The molecule has 32 heavy (non-hydrogen) atoms. The molecular weight excluding hydrogens is 428 g/mol. The molecule has 0 aliphatic heterocycles. The van der Waals surface area contributed by atoms with Crippen LogP contribution in [0.2, 0.25) is 0 Å². The SMILES string of the molecule is CCCNc1nc(SCCC)nc2c1cnn2CCNC(=O)c1cccc(OC)c1OC. The van der Waals surface area contributed by atoms with Crippen molar-refractivity contribution in [1.82, 2.24) is 25.1 Å². The Balaban J connectivity index is 1.75. The number of rotatable bonds is 12. The van der Waals surface area contributed by atoms with E-state index in [2.05, 4.69) is 34.6 Å². The standard InChI is InChI=1S/C22H30N6O3S/c1-5-10-23-19-16-14-25-28(20(16)27-22(26-19)32-13-6-2)12-11-24-21(29)15-8-7-9-17(30-3)18(15)31-4/h7-9,14H,5-6,10-13H2,1-4H3,(H,24,29)(H,23,26,27). The number of para-hydroxylation sites is 1. The predicted octanol–water partition coefficient (Wildman–Crippen LogP) is 3.60. The molecule has 0 saturated heterocycles. The molecule has 9 nitrogen and oxygen atoms in total. The number of carbonyl (C=O) groups excluding carboxylic acids is 1. The van der Waals surface area contributed by atoms with Crippen LogP contribution in [-0.4, -0.2) is 58.7 Å². The minimum atomic E-state index is -0.240. The molecule has 1 amide bonds. The monoisotopic (exact) mass is 458 g/mol. The van der Waals surface area contributed by atoms with Crippen molar-refractivity contribution in [3.63, 3.8) is 0 Å². The van der Waals surface area contributed by atoms with Crippen LogP contribution in [-0.2, 0) is 6.54 Å². The van der Waals surface area contributed by atoms with Crippen molar-refractivity contribution in [2.45, 2.75) is 38.4 Å². The second-order valence-corrected chi connectivity index (χ2v) is 8.09. The van der Waals surface area contributed by atoms with Crippen LogP contribution in [0.1, 0.15) is 37.0 Å². The molecule has 0 radical (unpaired) electrons. The molecule has 0 aliphatic carbocycles. The second-order valence-electron chi connectivity index (χ2n) is 7.03. The lowest BCUT2D eigenvalue weighted by Gasteiger charge is -2.13. The van der Waals surface area contributed by atoms with Gasteiger partial charge in [-0.2, -0.15) is 5.10 Å². The van der Waals surface area contributed by atoms with Gasteiger partial charge in [-0.15, -0.1) is 0 Å². The molecule has 2 N–H and O–H groups in total. The maximum atomic E-state index is 12.7. The van der Waals surface area contributed by atoms with Gasteiger partial charge in [0, 0.05) is 18.8 Å². The maximum Gasteiger partial charge on any atom is 0.255 e. The summed E-state index contributed by atoms with van der Waals surface area (Å²) in [7, 11) is 3.06.